The second kappa shape index (κ2) is 7.12. The third-order valence-electron chi connectivity index (χ3n) is 5.30. The summed E-state index contributed by atoms with van der Waals surface area (Å²) in [4.78, 5) is 8.63. The average molecular weight is 419 g/mol. The fourth-order valence-electron chi connectivity index (χ4n) is 3.81. The number of hydrogen-bond acceptors (Lipinski definition) is 4. The molecule has 0 spiro atoms. The Morgan fingerprint density at radius 2 is 1.55 bits per heavy atom. The summed E-state index contributed by atoms with van der Waals surface area (Å²) in [6.45, 7) is 0. The highest BCUT2D eigenvalue weighted by molar-refractivity contribution is 5.87. The minimum absolute atomic E-state index is 0.0565. The SMILES string of the molecule is Nc1c(-c2ncc(Oc3cccc(C(F)(F)F)c3)cn2)ccc2c1Cc1ccccc1-2. The lowest BCUT2D eigenvalue weighted by Gasteiger charge is -2.11. The van der Waals surface area contributed by atoms with E-state index in [2.05, 4.69) is 22.1 Å². The van der Waals surface area contributed by atoms with Crippen LogP contribution in [0.2, 0.25) is 0 Å². The van der Waals surface area contributed by atoms with Crippen LogP contribution in [0.25, 0.3) is 22.5 Å². The zero-order valence-electron chi connectivity index (χ0n) is 16.1. The lowest BCUT2D eigenvalue weighted by molar-refractivity contribution is -0.137. The monoisotopic (exact) mass is 419 g/mol. The number of fused-ring (bicyclic) bond motifs is 3. The Hall–Kier alpha value is -3.87. The van der Waals surface area contributed by atoms with E-state index in [1.165, 1.54) is 35.7 Å². The van der Waals surface area contributed by atoms with Crippen LogP contribution in [0.1, 0.15) is 16.7 Å². The summed E-state index contributed by atoms with van der Waals surface area (Å²) >= 11 is 0. The van der Waals surface area contributed by atoms with Gasteiger partial charge in [0.05, 0.1) is 18.0 Å². The van der Waals surface area contributed by atoms with E-state index in [9.17, 15) is 13.2 Å². The van der Waals surface area contributed by atoms with Gasteiger partial charge in [-0.3, -0.25) is 0 Å². The van der Waals surface area contributed by atoms with Gasteiger partial charge in [-0.25, -0.2) is 9.97 Å². The van der Waals surface area contributed by atoms with Crippen molar-refractivity contribution in [2.45, 2.75) is 12.6 Å². The molecule has 0 saturated carbocycles. The van der Waals surface area contributed by atoms with E-state index < -0.39 is 11.7 Å². The lowest BCUT2D eigenvalue weighted by atomic mass is 10.0. The zero-order chi connectivity index (χ0) is 21.6. The van der Waals surface area contributed by atoms with Gasteiger partial charge >= 0.3 is 6.18 Å². The quantitative estimate of drug-likeness (QED) is 0.359. The van der Waals surface area contributed by atoms with E-state index in [0.717, 1.165) is 29.7 Å². The summed E-state index contributed by atoms with van der Waals surface area (Å²) < 4.78 is 44.1. The van der Waals surface area contributed by atoms with E-state index in [0.29, 0.717) is 17.1 Å². The van der Waals surface area contributed by atoms with Gasteiger partial charge in [0, 0.05) is 17.7 Å². The van der Waals surface area contributed by atoms with E-state index in [1.54, 1.807) is 0 Å². The molecule has 0 amide bonds. The number of rotatable bonds is 3. The third kappa shape index (κ3) is 3.48. The summed E-state index contributed by atoms with van der Waals surface area (Å²) in [7, 11) is 0. The van der Waals surface area contributed by atoms with Gasteiger partial charge < -0.3 is 10.5 Å². The van der Waals surface area contributed by atoms with Crippen LogP contribution in [0.3, 0.4) is 0 Å². The standard InChI is InChI=1S/C24H16F3N3O/c25-24(26,27)15-5-3-6-16(11-15)31-17-12-29-23(30-13-17)20-9-8-19-18-7-2-1-4-14(18)10-21(19)22(20)28/h1-9,11-13H,10,28H2. The topological polar surface area (TPSA) is 61.0 Å². The number of nitrogens with zero attached hydrogens (tertiary/aromatic N) is 2. The molecule has 1 aliphatic rings. The minimum Gasteiger partial charge on any atom is -0.454 e. The van der Waals surface area contributed by atoms with Crippen LogP contribution in [0.5, 0.6) is 11.5 Å². The average Bonchev–Trinajstić information content (AvgIpc) is 3.14. The van der Waals surface area contributed by atoms with Gasteiger partial charge in [0.2, 0.25) is 0 Å². The summed E-state index contributed by atoms with van der Waals surface area (Å²) in [6.07, 6.45) is -0.847. The van der Waals surface area contributed by atoms with E-state index in [-0.39, 0.29) is 11.5 Å². The molecule has 7 heteroatoms. The van der Waals surface area contributed by atoms with Gasteiger partial charge in [-0.1, -0.05) is 36.4 Å². The van der Waals surface area contributed by atoms with Crippen molar-refractivity contribution in [3.63, 3.8) is 0 Å². The Labute approximate surface area is 176 Å². The minimum atomic E-state index is -4.44. The number of nitrogens with two attached hydrogens (primary N) is 1. The first-order valence-corrected chi connectivity index (χ1v) is 9.57. The van der Waals surface area contributed by atoms with Gasteiger partial charge in [0.25, 0.3) is 0 Å². The van der Waals surface area contributed by atoms with Crippen LogP contribution in [0.15, 0.2) is 73.1 Å². The highest BCUT2D eigenvalue weighted by Crippen LogP contribution is 2.42. The van der Waals surface area contributed by atoms with Crippen molar-refractivity contribution in [1.82, 2.24) is 9.97 Å². The molecule has 4 aromatic rings. The molecule has 2 N–H and O–H groups in total. The summed E-state index contributed by atoms with van der Waals surface area (Å²) in [5, 5.41) is 0. The number of benzene rings is 3. The highest BCUT2D eigenvalue weighted by atomic mass is 19.4. The Morgan fingerprint density at radius 1 is 0.806 bits per heavy atom. The maximum Gasteiger partial charge on any atom is 0.416 e. The molecule has 0 radical (unpaired) electrons. The second-order valence-corrected chi connectivity index (χ2v) is 7.26. The molecule has 0 fully saturated rings. The van der Waals surface area contributed by atoms with Crippen molar-refractivity contribution < 1.29 is 17.9 Å². The Balaban J connectivity index is 1.41. The van der Waals surface area contributed by atoms with Gasteiger partial charge in [-0.05, 0) is 46.5 Å². The molecule has 0 unspecified atom stereocenters. The molecule has 1 aromatic heterocycles. The number of halogens is 3. The number of hydrogen-bond donors (Lipinski definition) is 1. The van der Waals surface area contributed by atoms with Crippen molar-refractivity contribution in [2.75, 3.05) is 5.73 Å². The molecule has 1 heterocycles. The molecular formula is C24H16F3N3O. The first kappa shape index (κ1) is 19.1. The highest BCUT2D eigenvalue weighted by Gasteiger charge is 2.30. The molecule has 31 heavy (non-hydrogen) atoms. The molecule has 0 atom stereocenters. The summed E-state index contributed by atoms with van der Waals surface area (Å²) in [5.74, 6) is 0.712. The Bertz CT molecular complexity index is 1280. The molecule has 5 rings (SSSR count). The van der Waals surface area contributed by atoms with Crippen LogP contribution in [-0.4, -0.2) is 9.97 Å². The number of anilines is 1. The summed E-state index contributed by atoms with van der Waals surface area (Å²) in [5.41, 5.74) is 11.6. The van der Waals surface area contributed by atoms with Crippen molar-refractivity contribution >= 4 is 5.69 Å². The van der Waals surface area contributed by atoms with Gasteiger partial charge in [0.15, 0.2) is 11.6 Å². The van der Waals surface area contributed by atoms with Crippen molar-refractivity contribution in [3.05, 3.63) is 89.7 Å². The largest absolute Gasteiger partial charge is 0.454 e. The maximum absolute atomic E-state index is 12.9. The van der Waals surface area contributed by atoms with E-state index in [4.69, 9.17) is 10.5 Å². The summed E-state index contributed by atoms with van der Waals surface area (Å²) in [6, 6.07) is 16.7. The predicted octanol–water partition coefficient (Wildman–Crippen LogP) is 6.11. The first-order chi connectivity index (χ1) is 14.9. The Kier molecular flexibility index (Phi) is 4.39. The van der Waals surface area contributed by atoms with Crippen molar-refractivity contribution in [2.24, 2.45) is 0 Å². The van der Waals surface area contributed by atoms with Crippen LogP contribution in [0, 0.1) is 0 Å². The fraction of sp³-hybridized carbons (Fsp3) is 0.0833. The number of alkyl halides is 3. The van der Waals surface area contributed by atoms with Gasteiger partial charge in [-0.2, -0.15) is 13.2 Å². The van der Waals surface area contributed by atoms with Crippen molar-refractivity contribution in [1.29, 1.82) is 0 Å². The van der Waals surface area contributed by atoms with Crippen molar-refractivity contribution in [3.8, 4) is 34.0 Å². The molecule has 1 aliphatic carbocycles. The van der Waals surface area contributed by atoms with E-state index >= 15 is 0 Å². The normalized spacial score (nSPS) is 12.4. The predicted molar refractivity (Wildman–Crippen MR) is 112 cm³/mol. The van der Waals surface area contributed by atoms with Crippen LogP contribution in [0.4, 0.5) is 18.9 Å². The molecule has 4 nitrogen and oxygen atoms in total. The number of nitrogen functional groups attached to an aromatic ring is 1. The van der Waals surface area contributed by atoms with Gasteiger partial charge in [0.1, 0.15) is 5.75 Å². The second-order valence-electron chi connectivity index (χ2n) is 7.26. The zero-order valence-corrected chi connectivity index (χ0v) is 16.1. The maximum atomic E-state index is 12.9. The lowest BCUT2D eigenvalue weighted by Crippen LogP contribution is -2.04. The third-order valence-corrected chi connectivity index (χ3v) is 5.30. The smallest absolute Gasteiger partial charge is 0.416 e. The molecule has 0 aliphatic heterocycles. The number of aromatic nitrogens is 2. The Morgan fingerprint density at radius 3 is 2.32 bits per heavy atom. The molecular weight excluding hydrogens is 403 g/mol. The van der Waals surface area contributed by atoms with E-state index in [1.807, 2.05) is 24.3 Å². The van der Waals surface area contributed by atoms with Crippen LogP contribution in [-0.2, 0) is 12.6 Å². The molecule has 154 valence electrons. The first-order valence-electron chi connectivity index (χ1n) is 9.57. The molecule has 0 bridgehead atoms. The molecule has 3 aromatic carbocycles. The molecule has 0 saturated heterocycles. The van der Waals surface area contributed by atoms with Crippen LogP contribution >= 0.6 is 0 Å². The fourth-order valence-corrected chi connectivity index (χ4v) is 3.81. The number of ether oxygens (including phenoxy) is 1. The van der Waals surface area contributed by atoms with Gasteiger partial charge in [-0.15, -0.1) is 0 Å². The van der Waals surface area contributed by atoms with Crippen LogP contribution < -0.4 is 10.5 Å².